The molecule has 2 aromatic carbocycles. The lowest BCUT2D eigenvalue weighted by atomic mass is 10.2. The highest BCUT2D eigenvalue weighted by Crippen LogP contribution is 2.34. The van der Waals surface area contributed by atoms with Crippen molar-refractivity contribution in [1.29, 1.82) is 0 Å². The third kappa shape index (κ3) is 5.00. The van der Waals surface area contributed by atoms with E-state index in [1.165, 1.54) is 29.5 Å². The summed E-state index contributed by atoms with van der Waals surface area (Å²) in [6.45, 7) is 1.11. The number of fused-ring (bicyclic) bond motifs is 1. The number of nitro groups is 1. The molecule has 1 amide bonds. The van der Waals surface area contributed by atoms with E-state index in [1.807, 2.05) is 37.2 Å². The number of carbonyl (C=O) groups excluding carboxylic acids is 1. The van der Waals surface area contributed by atoms with Crippen LogP contribution in [-0.2, 0) is 4.79 Å². The molecule has 0 spiro atoms. The van der Waals surface area contributed by atoms with Gasteiger partial charge in [-0.25, -0.2) is 4.98 Å². The lowest BCUT2D eigenvalue weighted by Crippen LogP contribution is -2.35. The highest BCUT2D eigenvalue weighted by molar-refractivity contribution is 7.22. The molecule has 8 nitrogen and oxygen atoms in total. The quantitative estimate of drug-likeness (QED) is 0.309. The molecule has 156 valence electrons. The zero-order valence-corrected chi connectivity index (χ0v) is 17.8. The summed E-state index contributed by atoms with van der Waals surface area (Å²) >= 11 is 1.42. The van der Waals surface area contributed by atoms with Crippen LogP contribution in [0.1, 0.15) is 5.56 Å². The van der Waals surface area contributed by atoms with Gasteiger partial charge in [-0.2, -0.15) is 0 Å². The van der Waals surface area contributed by atoms with Crippen molar-refractivity contribution in [2.45, 2.75) is 0 Å². The molecule has 0 aliphatic rings. The molecule has 0 radical (unpaired) electrons. The van der Waals surface area contributed by atoms with Crippen LogP contribution in [0.4, 0.5) is 10.8 Å². The standard InChI is InChI=1S/C21H22N4O4S/c1-23(2)12-13-24(21-22-20-17(29-3)8-5-9-18(20)30-21)19(26)11-10-15-6-4-7-16(14-15)25(27)28/h4-11,14H,12-13H2,1-3H3. The van der Waals surface area contributed by atoms with Gasteiger partial charge in [-0.1, -0.05) is 29.5 Å². The second kappa shape index (κ2) is 9.47. The molecule has 9 heteroatoms. The highest BCUT2D eigenvalue weighted by Gasteiger charge is 2.19. The number of benzene rings is 2. The molecule has 30 heavy (non-hydrogen) atoms. The summed E-state index contributed by atoms with van der Waals surface area (Å²) in [5.41, 5.74) is 1.27. The van der Waals surface area contributed by atoms with Gasteiger partial charge in [0.25, 0.3) is 11.6 Å². The predicted molar refractivity (Wildman–Crippen MR) is 119 cm³/mol. The van der Waals surface area contributed by atoms with Crippen molar-refractivity contribution in [3.05, 3.63) is 64.2 Å². The van der Waals surface area contributed by atoms with Crippen LogP contribution in [-0.4, -0.2) is 55.0 Å². The van der Waals surface area contributed by atoms with Crippen molar-refractivity contribution in [3.63, 3.8) is 0 Å². The zero-order valence-electron chi connectivity index (χ0n) is 16.9. The summed E-state index contributed by atoms with van der Waals surface area (Å²) in [7, 11) is 5.45. The van der Waals surface area contributed by atoms with E-state index < -0.39 is 4.92 Å². The average molecular weight is 426 g/mol. The Morgan fingerprint density at radius 1 is 1.23 bits per heavy atom. The number of anilines is 1. The number of amides is 1. The number of methoxy groups -OCH3 is 1. The number of likely N-dealkylation sites (N-methyl/N-ethyl adjacent to an activating group) is 1. The van der Waals surface area contributed by atoms with Gasteiger partial charge in [0, 0.05) is 31.3 Å². The molecule has 0 saturated carbocycles. The summed E-state index contributed by atoms with van der Waals surface area (Å²) in [6, 6.07) is 11.8. The zero-order chi connectivity index (χ0) is 21.7. The summed E-state index contributed by atoms with van der Waals surface area (Å²) in [6.07, 6.45) is 2.99. The maximum Gasteiger partial charge on any atom is 0.270 e. The second-order valence-electron chi connectivity index (χ2n) is 6.78. The molecule has 0 bridgehead atoms. The first-order chi connectivity index (χ1) is 14.4. The van der Waals surface area contributed by atoms with Gasteiger partial charge in [0.1, 0.15) is 11.3 Å². The van der Waals surface area contributed by atoms with E-state index in [0.29, 0.717) is 35.1 Å². The molecule has 0 aliphatic carbocycles. The topological polar surface area (TPSA) is 88.8 Å². The Morgan fingerprint density at radius 3 is 2.70 bits per heavy atom. The van der Waals surface area contributed by atoms with Crippen LogP contribution in [0.3, 0.4) is 0 Å². The second-order valence-corrected chi connectivity index (χ2v) is 7.79. The van der Waals surface area contributed by atoms with Crippen molar-refractivity contribution < 1.29 is 14.5 Å². The van der Waals surface area contributed by atoms with E-state index in [0.717, 1.165) is 4.70 Å². The number of aromatic nitrogens is 1. The van der Waals surface area contributed by atoms with Crippen LogP contribution in [0.2, 0.25) is 0 Å². The van der Waals surface area contributed by atoms with Crippen LogP contribution < -0.4 is 9.64 Å². The Labute approximate surface area is 178 Å². The van der Waals surface area contributed by atoms with Gasteiger partial charge < -0.3 is 9.64 Å². The van der Waals surface area contributed by atoms with Crippen molar-refractivity contribution in [2.75, 3.05) is 39.2 Å². The Hall–Kier alpha value is -3.30. The Kier molecular flexibility index (Phi) is 6.76. The first kappa shape index (κ1) is 21.4. The van der Waals surface area contributed by atoms with Crippen molar-refractivity contribution >= 4 is 44.4 Å². The fraction of sp³-hybridized carbons (Fsp3) is 0.238. The SMILES string of the molecule is COc1cccc2sc(N(CCN(C)C)C(=O)C=Cc3cccc([N+](=O)[O-])c3)nc12. The molecule has 0 atom stereocenters. The number of rotatable bonds is 8. The largest absolute Gasteiger partial charge is 0.494 e. The number of hydrogen-bond acceptors (Lipinski definition) is 7. The third-order valence-electron chi connectivity index (χ3n) is 4.36. The van der Waals surface area contributed by atoms with Gasteiger partial charge in [0.05, 0.1) is 16.7 Å². The van der Waals surface area contributed by atoms with Gasteiger partial charge in [-0.3, -0.25) is 19.8 Å². The minimum atomic E-state index is -0.461. The smallest absolute Gasteiger partial charge is 0.270 e. The molecule has 1 heterocycles. The van der Waals surface area contributed by atoms with Gasteiger partial charge in [-0.05, 0) is 37.9 Å². The van der Waals surface area contributed by atoms with Crippen LogP contribution in [0.5, 0.6) is 5.75 Å². The number of non-ortho nitro benzene ring substituents is 1. The summed E-state index contributed by atoms with van der Waals surface area (Å²) < 4.78 is 6.30. The van der Waals surface area contributed by atoms with Crippen molar-refractivity contribution in [2.24, 2.45) is 0 Å². The molecule has 0 aliphatic heterocycles. The lowest BCUT2D eigenvalue weighted by molar-refractivity contribution is -0.384. The van der Waals surface area contributed by atoms with Crippen LogP contribution in [0, 0.1) is 10.1 Å². The third-order valence-corrected chi connectivity index (χ3v) is 5.40. The molecular weight excluding hydrogens is 404 g/mol. The maximum absolute atomic E-state index is 13.0. The number of para-hydroxylation sites is 1. The molecule has 3 rings (SSSR count). The first-order valence-corrected chi connectivity index (χ1v) is 10.0. The molecule has 0 fully saturated rings. The minimum Gasteiger partial charge on any atom is -0.494 e. The number of thiazole rings is 1. The molecule has 1 aromatic heterocycles. The Balaban J connectivity index is 1.90. The number of hydrogen-bond donors (Lipinski definition) is 0. The number of nitro benzene ring substituents is 1. The van der Waals surface area contributed by atoms with E-state index in [-0.39, 0.29) is 11.6 Å². The fourth-order valence-electron chi connectivity index (χ4n) is 2.79. The van der Waals surface area contributed by atoms with Gasteiger partial charge in [0.15, 0.2) is 5.13 Å². The molecule has 0 N–H and O–H groups in total. The van der Waals surface area contributed by atoms with Gasteiger partial charge in [0.2, 0.25) is 0 Å². The van der Waals surface area contributed by atoms with Crippen LogP contribution >= 0.6 is 11.3 Å². The minimum absolute atomic E-state index is 0.0210. The molecular formula is C21H22N4O4S. The summed E-state index contributed by atoms with van der Waals surface area (Å²) in [5.74, 6) is 0.406. The lowest BCUT2D eigenvalue weighted by Gasteiger charge is -2.20. The summed E-state index contributed by atoms with van der Waals surface area (Å²) in [5, 5.41) is 11.5. The summed E-state index contributed by atoms with van der Waals surface area (Å²) in [4.78, 5) is 31.7. The average Bonchev–Trinajstić information content (AvgIpc) is 3.16. The van der Waals surface area contributed by atoms with Crippen molar-refractivity contribution in [1.82, 2.24) is 9.88 Å². The number of nitrogens with zero attached hydrogens (tertiary/aromatic N) is 4. The van der Waals surface area contributed by atoms with E-state index in [9.17, 15) is 14.9 Å². The van der Waals surface area contributed by atoms with E-state index in [4.69, 9.17) is 4.74 Å². The molecule has 0 saturated heterocycles. The van der Waals surface area contributed by atoms with Crippen LogP contribution in [0.25, 0.3) is 16.3 Å². The highest BCUT2D eigenvalue weighted by atomic mass is 32.1. The van der Waals surface area contributed by atoms with Gasteiger partial charge in [-0.15, -0.1) is 0 Å². The normalized spacial score (nSPS) is 11.3. The number of ether oxygens (including phenoxy) is 1. The van der Waals surface area contributed by atoms with Crippen molar-refractivity contribution in [3.8, 4) is 5.75 Å². The van der Waals surface area contributed by atoms with E-state index >= 15 is 0 Å². The van der Waals surface area contributed by atoms with E-state index in [2.05, 4.69) is 4.98 Å². The fourth-order valence-corrected chi connectivity index (χ4v) is 3.81. The molecule has 0 unspecified atom stereocenters. The Bertz CT molecular complexity index is 1090. The maximum atomic E-state index is 13.0. The number of carbonyl (C=O) groups is 1. The predicted octanol–water partition coefficient (Wildman–Crippen LogP) is 3.82. The van der Waals surface area contributed by atoms with Gasteiger partial charge >= 0.3 is 0 Å². The van der Waals surface area contributed by atoms with Crippen LogP contribution in [0.15, 0.2) is 48.5 Å². The van der Waals surface area contributed by atoms with E-state index in [1.54, 1.807) is 30.2 Å². The monoisotopic (exact) mass is 426 g/mol. The first-order valence-electron chi connectivity index (χ1n) is 9.21. The molecule has 3 aromatic rings. The Morgan fingerprint density at radius 2 is 2.00 bits per heavy atom.